The first-order valence-electron chi connectivity index (χ1n) is 8.22. The Balaban J connectivity index is 1.98. The zero-order chi connectivity index (χ0) is 15.1. The molecule has 1 saturated heterocycles. The van der Waals surface area contributed by atoms with Crippen LogP contribution in [0.5, 0.6) is 5.88 Å². The molecule has 0 spiro atoms. The van der Waals surface area contributed by atoms with E-state index < -0.39 is 0 Å². The van der Waals surface area contributed by atoms with Gasteiger partial charge in [-0.15, -0.1) is 5.10 Å². The average molecular weight is 292 g/mol. The lowest BCUT2D eigenvalue weighted by atomic mass is 10.0. The first-order chi connectivity index (χ1) is 10.3. The highest BCUT2D eigenvalue weighted by molar-refractivity contribution is 5.36. The average Bonchev–Trinajstić information content (AvgIpc) is 2.55. The number of aryl methyl sites for hydroxylation is 1. The highest BCUT2D eigenvalue weighted by Crippen LogP contribution is 2.22. The molecular formula is C16H28N4O. The molecule has 118 valence electrons. The van der Waals surface area contributed by atoms with Crippen molar-refractivity contribution < 1.29 is 4.74 Å². The van der Waals surface area contributed by atoms with E-state index in [0.29, 0.717) is 19.0 Å². The van der Waals surface area contributed by atoms with Crippen LogP contribution in [0.15, 0.2) is 0 Å². The Morgan fingerprint density at radius 3 is 2.43 bits per heavy atom. The number of hydrogen-bond acceptors (Lipinski definition) is 5. The van der Waals surface area contributed by atoms with Crippen LogP contribution in [-0.2, 0) is 19.4 Å². The molecule has 1 aromatic heterocycles. The normalized spacial score (nSPS) is 16.1. The maximum Gasteiger partial charge on any atom is 0.238 e. The van der Waals surface area contributed by atoms with Crippen LogP contribution in [0.1, 0.15) is 49.9 Å². The Labute approximate surface area is 127 Å². The minimum Gasteiger partial charge on any atom is -0.475 e. The summed E-state index contributed by atoms with van der Waals surface area (Å²) in [4.78, 5) is 2.46. The molecule has 0 saturated carbocycles. The molecule has 1 aliphatic rings. The predicted molar refractivity (Wildman–Crippen MR) is 84.5 cm³/mol. The minimum absolute atomic E-state index is 0.463. The fourth-order valence-corrected chi connectivity index (χ4v) is 3.01. The van der Waals surface area contributed by atoms with Crippen LogP contribution in [0.2, 0.25) is 0 Å². The summed E-state index contributed by atoms with van der Waals surface area (Å²) in [6.07, 6.45) is 5.78. The van der Waals surface area contributed by atoms with Crippen LogP contribution in [0, 0.1) is 0 Å². The van der Waals surface area contributed by atoms with Gasteiger partial charge in [0.25, 0.3) is 0 Å². The second-order valence-electron chi connectivity index (χ2n) is 5.57. The van der Waals surface area contributed by atoms with Crippen LogP contribution < -0.4 is 10.5 Å². The molecule has 0 unspecified atom stereocenters. The zero-order valence-electron chi connectivity index (χ0n) is 13.4. The molecule has 5 heteroatoms. The van der Waals surface area contributed by atoms with Crippen molar-refractivity contribution in [3.05, 3.63) is 16.8 Å². The van der Waals surface area contributed by atoms with E-state index in [0.717, 1.165) is 30.6 Å². The minimum atomic E-state index is 0.463. The number of likely N-dealkylation sites (tertiary alicyclic amines) is 1. The van der Waals surface area contributed by atoms with Gasteiger partial charge >= 0.3 is 0 Å². The summed E-state index contributed by atoms with van der Waals surface area (Å²) in [5.74, 6) is 0.628. The monoisotopic (exact) mass is 292 g/mol. The van der Waals surface area contributed by atoms with Gasteiger partial charge in [-0.25, -0.2) is 0 Å². The van der Waals surface area contributed by atoms with E-state index in [2.05, 4.69) is 28.9 Å². The number of piperidine rings is 1. The van der Waals surface area contributed by atoms with Gasteiger partial charge in [-0.2, -0.15) is 5.10 Å². The van der Waals surface area contributed by atoms with Crippen molar-refractivity contribution in [2.45, 2.75) is 52.5 Å². The molecule has 0 amide bonds. The van der Waals surface area contributed by atoms with Gasteiger partial charge in [0.15, 0.2) is 0 Å². The fourth-order valence-electron chi connectivity index (χ4n) is 3.01. The molecule has 0 aliphatic carbocycles. The van der Waals surface area contributed by atoms with Crippen molar-refractivity contribution in [3.8, 4) is 5.88 Å². The topological polar surface area (TPSA) is 64.3 Å². The largest absolute Gasteiger partial charge is 0.475 e. The SMILES string of the molecule is CCc1nnc(OCCN2CCCCC2)c(CN)c1CC. The lowest BCUT2D eigenvalue weighted by Crippen LogP contribution is -2.33. The van der Waals surface area contributed by atoms with E-state index in [1.807, 2.05) is 0 Å². The Kier molecular flexibility index (Phi) is 6.39. The van der Waals surface area contributed by atoms with Crippen LogP contribution >= 0.6 is 0 Å². The Bertz CT molecular complexity index is 444. The standard InChI is InChI=1S/C16H28N4O/c1-3-13-14(12-17)16(19-18-15(13)4-2)21-11-10-20-8-6-5-7-9-20/h3-12,17H2,1-2H3. The third kappa shape index (κ3) is 4.14. The second kappa shape index (κ2) is 8.29. The van der Waals surface area contributed by atoms with Gasteiger partial charge in [-0.05, 0) is 44.3 Å². The number of rotatable bonds is 7. The van der Waals surface area contributed by atoms with Gasteiger partial charge in [0.2, 0.25) is 5.88 Å². The van der Waals surface area contributed by atoms with E-state index in [1.54, 1.807) is 0 Å². The highest BCUT2D eigenvalue weighted by Gasteiger charge is 2.15. The highest BCUT2D eigenvalue weighted by atomic mass is 16.5. The van der Waals surface area contributed by atoms with Crippen molar-refractivity contribution in [1.29, 1.82) is 0 Å². The van der Waals surface area contributed by atoms with Crippen LogP contribution in [-0.4, -0.2) is 41.3 Å². The van der Waals surface area contributed by atoms with Gasteiger partial charge in [0.1, 0.15) is 6.61 Å². The van der Waals surface area contributed by atoms with Crippen molar-refractivity contribution in [1.82, 2.24) is 15.1 Å². The molecule has 2 rings (SSSR count). The Morgan fingerprint density at radius 1 is 1.05 bits per heavy atom. The van der Waals surface area contributed by atoms with E-state index in [9.17, 15) is 0 Å². The molecule has 0 radical (unpaired) electrons. The summed E-state index contributed by atoms with van der Waals surface area (Å²) >= 11 is 0. The summed E-state index contributed by atoms with van der Waals surface area (Å²) in [7, 11) is 0. The summed E-state index contributed by atoms with van der Waals surface area (Å²) < 4.78 is 5.88. The zero-order valence-corrected chi connectivity index (χ0v) is 13.4. The number of nitrogens with two attached hydrogens (primary N) is 1. The van der Waals surface area contributed by atoms with Crippen molar-refractivity contribution in [2.24, 2.45) is 5.73 Å². The van der Waals surface area contributed by atoms with Crippen molar-refractivity contribution in [3.63, 3.8) is 0 Å². The maximum absolute atomic E-state index is 5.91. The van der Waals surface area contributed by atoms with Crippen molar-refractivity contribution in [2.75, 3.05) is 26.2 Å². The second-order valence-corrected chi connectivity index (χ2v) is 5.57. The first-order valence-corrected chi connectivity index (χ1v) is 8.22. The fraction of sp³-hybridized carbons (Fsp3) is 0.750. The summed E-state index contributed by atoms with van der Waals surface area (Å²) in [5.41, 5.74) is 9.19. The number of ether oxygens (including phenoxy) is 1. The molecule has 1 aliphatic heterocycles. The number of nitrogens with zero attached hydrogens (tertiary/aromatic N) is 3. The molecule has 5 nitrogen and oxygen atoms in total. The van der Waals surface area contributed by atoms with Crippen LogP contribution in [0.4, 0.5) is 0 Å². The summed E-state index contributed by atoms with van der Waals surface area (Å²) in [6.45, 7) is 8.69. The molecule has 1 aromatic rings. The van der Waals surface area contributed by atoms with E-state index >= 15 is 0 Å². The molecule has 2 N–H and O–H groups in total. The Morgan fingerprint density at radius 2 is 1.81 bits per heavy atom. The molecule has 0 atom stereocenters. The van der Waals surface area contributed by atoms with Gasteiger partial charge in [-0.1, -0.05) is 20.3 Å². The summed E-state index contributed by atoms with van der Waals surface area (Å²) in [6, 6.07) is 0. The smallest absolute Gasteiger partial charge is 0.238 e. The first kappa shape index (κ1) is 16.2. The number of hydrogen-bond donors (Lipinski definition) is 1. The lowest BCUT2D eigenvalue weighted by Gasteiger charge is -2.26. The molecule has 0 bridgehead atoms. The van der Waals surface area contributed by atoms with E-state index in [1.165, 1.54) is 37.9 Å². The quantitative estimate of drug-likeness (QED) is 0.832. The molecule has 21 heavy (non-hydrogen) atoms. The van der Waals surface area contributed by atoms with Gasteiger partial charge in [0.05, 0.1) is 5.69 Å². The summed E-state index contributed by atoms with van der Waals surface area (Å²) in [5, 5.41) is 8.54. The van der Waals surface area contributed by atoms with Gasteiger partial charge in [0, 0.05) is 18.7 Å². The van der Waals surface area contributed by atoms with Gasteiger partial charge < -0.3 is 10.5 Å². The van der Waals surface area contributed by atoms with Crippen molar-refractivity contribution >= 4 is 0 Å². The molecule has 2 heterocycles. The molecule has 1 fully saturated rings. The van der Waals surface area contributed by atoms with Crippen LogP contribution in [0.3, 0.4) is 0 Å². The third-order valence-electron chi connectivity index (χ3n) is 4.22. The van der Waals surface area contributed by atoms with Crippen LogP contribution in [0.25, 0.3) is 0 Å². The molecule has 0 aromatic carbocycles. The lowest BCUT2D eigenvalue weighted by molar-refractivity contribution is 0.179. The Hall–Kier alpha value is -1.20. The maximum atomic E-state index is 5.91. The third-order valence-corrected chi connectivity index (χ3v) is 4.22. The van der Waals surface area contributed by atoms with Gasteiger partial charge in [-0.3, -0.25) is 4.90 Å². The predicted octanol–water partition coefficient (Wildman–Crippen LogP) is 1.92. The van der Waals surface area contributed by atoms with E-state index in [4.69, 9.17) is 10.5 Å². The van der Waals surface area contributed by atoms with E-state index in [-0.39, 0.29) is 0 Å². The number of aromatic nitrogens is 2. The molecular weight excluding hydrogens is 264 g/mol.